The van der Waals surface area contributed by atoms with Gasteiger partial charge in [-0.05, 0) is 63.3 Å². The molecule has 0 spiro atoms. The Hall–Kier alpha value is -1.91. The maximum atomic E-state index is 13.7. The van der Waals surface area contributed by atoms with Gasteiger partial charge in [-0.3, -0.25) is 9.59 Å². The maximum absolute atomic E-state index is 13.7. The minimum Gasteiger partial charge on any atom is -0.448 e. The van der Waals surface area contributed by atoms with Gasteiger partial charge in [0.1, 0.15) is 5.82 Å². The first-order chi connectivity index (χ1) is 11.6. The molecule has 4 nitrogen and oxygen atoms in total. The summed E-state index contributed by atoms with van der Waals surface area (Å²) in [5.74, 6) is -0.729. The zero-order valence-electron chi connectivity index (χ0n) is 15.2. The van der Waals surface area contributed by atoms with E-state index < -0.39 is 16.4 Å². The van der Waals surface area contributed by atoms with Crippen LogP contribution in [0.15, 0.2) is 18.2 Å². The Bertz CT molecular complexity index is 789. The van der Waals surface area contributed by atoms with E-state index >= 15 is 0 Å². The van der Waals surface area contributed by atoms with Crippen molar-refractivity contribution in [3.8, 4) is 0 Å². The third-order valence-electron chi connectivity index (χ3n) is 7.22. The van der Waals surface area contributed by atoms with Crippen LogP contribution in [0.5, 0.6) is 0 Å². The molecule has 3 atom stereocenters. The molecule has 0 unspecified atom stereocenters. The SMILES string of the molecule is C[C@H]1CCc2cc(F)ccc2N1C(=O)[C@@]12CC[C@@](C)(C(=O)O1)C2(C)C. The number of ether oxygens (including phenoxy) is 1. The number of carbonyl (C=O) groups is 2. The number of amides is 1. The van der Waals surface area contributed by atoms with Crippen LogP contribution in [0.4, 0.5) is 10.1 Å². The van der Waals surface area contributed by atoms with Gasteiger partial charge in [-0.1, -0.05) is 13.8 Å². The highest BCUT2D eigenvalue weighted by atomic mass is 19.1. The second-order valence-electron chi connectivity index (χ2n) is 8.51. The average molecular weight is 345 g/mol. The summed E-state index contributed by atoms with van der Waals surface area (Å²) in [6.45, 7) is 7.82. The Balaban J connectivity index is 1.81. The highest BCUT2D eigenvalue weighted by Crippen LogP contribution is 2.66. The van der Waals surface area contributed by atoms with Crippen molar-refractivity contribution in [1.29, 1.82) is 0 Å². The number of carbonyl (C=O) groups excluding carboxylic acids is 2. The fraction of sp³-hybridized carbons (Fsp3) is 0.600. The molecule has 134 valence electrons. The summed E-state index contributed by atoms with van der Waals surface area (Å²) < 4.78 is 19.4. The van der Waals surface area contributed by atoms with Gasteiger partial charge in [0.2, 0.25) is 0 Å². The van der Waals surface area contributed by atoms with E-state index in [2.05, 4.69) is 0 Å². The first kappa shape index (κ1) is 16.6. The van der Waals surface area contributed by atoms with Crippen LogP contribution < -0.4 is 4.90 Å². The van der Waals surface area contributed by atoms with Gasteiger partial charge >= 0.3 is 5.97 Å². The second-order valence-corrected chi connectivity index (χ2v) is 8.51. The van der Waals surface area contributed by atoms with Crippen molar-refractivity contribution in [2.75, 3.05) is 4.90 Å². The summed E-state index contributed by atoms with van der Waals surface area (Å²) in [6.07, 6.45) is 2.71. The molecule has 3 aliphatic rings. The minimum atomic E-state index is -1.13. The van der Waals surface area contributed by atoms with Crippen molar-refractivity contribution in [1.82, 2.24) is 0 Å². The van der Waals surface area contributed by atoms with Crippen LogP contribution in [0, 0.1) is 16.6 Å². The lowest BCUT2D eigenvalue weighted by atomic mass is 9.66. The standard InChI is InChI=1S/C20H24FNO3/c1-12-5-6-13-11-14(21)7-8-15(13)22(12)16(23)20-10-9-19(4,17(24)25-20)18(20,2)3/h7-8,11-12H,5-6,9-10H2,1-4H3/t12-,19-,20+/m0/s1. The molecule has 1 amide bonds. The lowest BCUT2D eigenvalue weighted by Crippen LogP contribution is -2.58. The van der Waals surface area contributed by atoms with Crippen LogP contribution in [0.1, 0.15) is 52.5 Å². The number of fused-ring (bicyclic) bond motifs is 3. The van der Waals surface area contributed by atoms with Crippen LogP contribution in [0.3, 0.4) is 0 Å². The topological polar surface area (TPSA) is 46.6 Å². The molecule has 25 heavy (non-hydrogen) atoms. The van der Waals surface area contributed by atoms with Gasteiger partial charge < -0.3 is 9.64 Å². The molecule has 0 N–H and O–H groups in total. The molecular weight excluding hydrogens is 321 g/mol. The van der Waals surface area contributed by atoms with E-state index in [0.717, 1.165) is 24.1 Å². The fourth-order valence-electron chi connectivity index (χ4n) is 4.95. The number of nitrogens with zero attached hydrogens (tertiary/aromatic N) is 1. The van der Waals surface area contributed by atoms with E-state index in [0.29, 0.717) is 12.8 Å². The molecule has 2 fully saturated rings. The van der Waals surface area contributed by atoms with Gasteiger partial charge in [0.05, 0.1) is 5.41 Å². The zero-order chi connectivity index (χ0) is 18.2. The molecule has 2 aliphatic heterocycles. The molecule has 0 aromatic heterocycles. The first-order valence-corrected chi connectivity index (χ1v) is 9.00. The number of aryl methyl sites for hydroxylation is 1. The van der Waals surface area contributed by atoms with Gasteiger partial charge in [0, 0.05) is 17.1 Å². The van der Waals surface area contributed by atoms with E-state index in [1.807, 2.05) is 27.7 Å². The molecular formula is C20H24FNO3. The second kappa shape index (κ2) is 4.83. The predicted molar refractivity (Wildman–Crippen MR) is 91.6 cm³/mol. The molecule has 1 aliphatic carbocycles. The molecule has 1 aromatic carbocycles. The van der Waals surface area contributed by atoms with Crippen LogP contribution in [0.25, 0.3) is 0 Å². The van der Waals surface area contributed by atoms with Crippen molar-refractivity contribution in [3.05, 3.63) is 29.6 Å². The Labute approximate surface area is 147 Å². The van der Waals surface area contributed by atoms with Crippen molar-refractivity contribution in [3.63, 3.8) is 0 Å². The van der Waals surface area contributed by atoms with Crippen LogP contribution in [-0.2, 0) is 20.7 Å². The lowest BCUT2D eigenvalue weighted by molar-refractivity contribution is -0.167. The van der Waals surface area contributed by atoms with Gasteiger partial charge in [-0.25, -0.2) is 4.39 Å². The van der Waals surface area contributed by atoms with E-state index in [9.17, 15) is 14.0 Å². The quantitative estimate of drug-likeness (QED) is 0.731. The third kappa shape index (κ3) is 1.81. The Morgan fingerprint density at radius 3 is 2.60 bits per heavy atom. The predicted octanol–water partition coefficient (Wildman–Crippen LogP) is 3.62. The number of rotatable bonds is 1. The Morgan fingerprint density at radius 1 is 1.28 bits per heavy atom. The number of anilines is 1. The molecule has 2 heterocycles. The normalized spacial score (nSPS) is 35.5. The van der Waals surface area contributed by atoms with E-state index in [4.69, 9.17) is 4.74 Å². The molecule has 1 aromatic rings. The minimum absolute atomic E-state index is 0.0122. The van der Waals surface area contributed by atoms with Crippen molar-refractivity contribution < 1.29 is 18.7 Å². The summed E-state index contributed by atoms with van der Waals surface area (Å²) in [5, 5.41) is 0. The summed E-state index contributed by atoms with van der Waals surface area (Å²) >= 11 is 0. The van der Waals surface area contributed by atoms with Gasteiger partial charge in [-0.15, -0.1) is 0 Å². The van der Waals surface area contributed by atoms with Crippen molar-refractivity contribution >= 4 is 17.6 Å². The smallest absolute Gasteiger partial charge is 0.313 e. The highest BCUT2D eigenvalue weighted by molar-refractivity contribution is 6.05. The Kier molecular flexibility index (Phi) is 3.20. The van der Waals surface area contributed by atoms with E-state index in [1.54, 1.807) is 11.0 Å². The molecule has 0 radical (unpaired) electrons. The van der Waals surface area contributed by atoms with Crippen LogP contribution in [-0.4, -0.2) is 23.5 Å². The molecule has 1 saturated carbocycles. The Morgan fingerprint density at radius 2 is 2.00 bits per heavy atom. The monoisotopic (exact) mass is 345 g/mol. The van der Waals surface area contributed by atoms with Crippen LogP contribution >= 0.6 is 0 Å². The van der Waals surface area contributed by atoms with Gasteiger partial charge in [0.15, 0.2) is 5.60 Å². The summed E-state index contributed by atoms with van der Waals surface area (Å²) in [4.78, 5) is 27.9. The first-order valence-electron chi connectivity index (χ1n) is 9.00. The zero-order valence-corrected chi connectivity index (χ0v) is 15.2. The molecule has 4 rings (SSSR count). The van der Waals surface area contributed by atoms with Gasteiger partial charge in [0.25, 0.3) is 5.91 Å². The van der Waals surface area contributed by atoms with E-state index in [-0.39, 0.29) is 23.7 Å². The van der Waals surface area contributed by atoms with Crippen LogP contribution in [0.2, 0.25) is 0 Å². The number of hydrogen-bond acceptors (Lipinski definition) is 3. The third-order valence-corrected chi connectivity index (χ3v) is 7.22. The molecule has 5 heteroatoms. The summed E-state index contributed by atoms with van der Waals surface area (Å²) in [6, 6.07) is 4.55. The maximum Gasteiger partial charge on any atom is 0.313 e. The van der Waals surface area contributed by atoms with E-state index in [1.165, 1.54) is 12.1 Å². The average Bonchev–Trinajstić information content (AvgIpc) is 2.85. The molecule has 2 bridgehead atoms. The number of hydrogen-bond donors (Lipinski definition) is 0. The summed E-state index contributed by atoms with van der Waals surface area (Å²) in [5.41, 5.74) is -0.757. The highest BCUT2D eigenvalue weighted by Gasteiger charge is 2.76. The summed E-state index contributed by atoms with van der Waals surface area (Å²) in [7, 11) is 0. The van der Waals surface area contributed by atoms with Crippen molar-refractivity contribution in [2.24, 2.45) is 10.8 Å². The number of benzene rings is 1. The number of esters is 1. The number of halogens is 1. The van der Waals surface area contributed by atoms with Crippen molar-refractivity contribution in [2.45, 2.75) is 65.0 Å². The van der Waals surface area contributed by atoms with Gasteiger partial charge in [-0.2, -0.15) is 0 Å². The fourth-order valence-corrected chi connectivity index (χ4v) is 4.95. The largest absolute Gasteiger partial charge is 0.448 e. The molecule has 1 saturated heterocycles. The lowest BCUT2D eigenvalue weighted by Gasteiger charge is -2.43.